The van der Waals surface area contributed by atoms with Crippen molar-refractivity contribution in [3.8, 4) is 11.5 Å². The number of nitrogens with one attached hydrogen (secondary N) is 1. The molecule has 0 radical (unpaired) electrons. The summed E-state index contributed by atoms with van der Waals surface area (Å²) in [6, 6.07) is 5.77. The van der Waals surface area contributed by atoms with Crippen molar-refractivity contribution >= 4 is 41.7 Å². The van der Waals surface area contributed by atoms with Crippen LogP contribution in [0.3, 0.4) is 0 Å². The molecule has 0 amide bonds. The molecular formula is C19H23NO4S2. The van der Waals surface area contributed by atoms with Crippen molar-refractivity contribution in [2.45, 2.75) is 27.2 Å². The van der Waals surface area contributed by atoms with Gasteiger partial charge in [-0.1, -0.05) is 13.0 Å². The molecule has 0 spiro atoms. The summed E-state index contributed by atoms with van der Waals surface area (Å²) in [5.41, 5.74) is 0.932. The summed E-state index contributed by atoms with van der Waals surface area (Å²) in [6.07, 6.45) is 4.30. The number of thiazole rings is 1. The molecule has 2 aromatic rings. The van der Waals surface area contributed by atoms with Gasteiger partial charge in [-0.05, 0) is 56.3 Å². The molecule has 0 bridgehead atoms. The lowest BCUT2D eigenvalue weighted by molar-refractivity contribution is -0.135. The summed E-state index contributed by atoms with van der Waals surface area (Å²) < 4.78 is 17.8. The van der Waals surface area contributed by atoms with E-state index in [0.29, 0.717) is 34.9 Å². The van der Waals surface area contributed by atoms with Gasteiger partial charge in [0.1, 0.15) is 0 Å². The number of esters is 1. The third kappa shape index (κ3) is 5.71. The fourth-order valence-electron chi connectivity index (χ4n) is 2.23. The molecule has 0 saturated carbocycles. The number of carbonyl (C=O) groups excluding carboxylic acids is 1. The number of hydrogen-bond donors (Lipinski definition) is 1. The minimum atomic E-state index is -0.399. The van der Waals surface area contributed by atoms with E-state index in [1.807, 2.05) is 31.2 Å². The number of benzene rings is 1. The summed E-state index contributed by atoms with van der Waals surface area (Å²) in [5.74, 6) is 1.03. The SMILES string of the molecule is CCCOc1ccc(/C=c2\sc(=S)[nH]\c2=C/C(=O)OCC)cc1OCC. The molecule has 0 aliphatic rings. The molecule has 1 heterocycles. The van der Waals surface area contributed by atoms with Gasteiger partial charge in [-0.25, -0.2) is 4.79 Å². The fraction of sp³-hybridized carbons (Fsp3) is 0.368. The molecule has 0 atom stereocenters. The van der Waals surface area contributed by atoms with Crippen molar-refractivity contribution in [3.63, 3.8) is 0 Å². The molecule has 1 N–H and O–H groups in total. The first-order valence-electron chi connectivity index (χ1n) is 8.56. The lowest BCUT2D eigenvalue weighted by atomic mass is 10.2. The molecule has 7 heteroatoms. The fourth-order valence-corrected chi connectivity index (χ4v) is 3.39. The predicted octanol–water partition coefficient (Wildman–Crippen LogP) is 3.17. The molecule has 5 nitrogen and oxygen atoms in total. The van der Waals surface area contributed by atoms with Gasteiger partial charge in [-0.2, -0.15) is 0 Å². The lowest BCUT2D eigenvalue weighted by Crippen LogP contribution is -2.23. The predicted molar refractivity (Wildman–Crippen MR) is 107 cm³/mol. The largest absolute Gasteiger partial charge is 0.490 e. The van der Waals surface area contributed by atoms with Crippen LogP contribution in [0.5, 0.6) is 11.5 Å². The highest BCUT2D eigenvalue weighted by Crippen LogP contribution is 2.28. The first-order valence-corrected chi connectivity index (χ1v) is 9.78. The van der Waals surface area contributed by atoms with Crippen LogP contribution in [0, 0.1) is 3.95 Å². The number of hydrogen-bond acceptors (Lipinski definition) is 6. The maximum absolute atomic E-state index is 11.7. The Morgan fingerprint density at radius 1 is 1.19 bits per heavy atom. The number of ether oxygens (including phenoxy) is 3. The van der Waals surface area contributed by atoms with E-state index in [4.69, 9.17) is 26.4 Å². The van der Waals surface area contributed by atoms with Crippen molar-refractivity contribution in [1.29, 1.82) is 0 Å². The molecule has 0 aliphatic heterocycles. The highest BCUT2D eigenvalue weighted by molar-refractivity contribution is 7.73. The number of H-pyrrole nitrogens is 1. The average molecular weight is 394 g/mol. The van der Waals surface area contributed by atoms with E-state index in [0.717, 1.165) is 22.3 Å². The van der Waals surface area contributed by atoms with Crippen molar-refractivity contribution in [3.05, 3.63) is 37.6 Å². The van der Waals surface area contributed by atoms with Crippen LogP contribution in [-0.2, 0) is 9.53 Å². The van der Waals surface area contributed by atoms with E-state index in [9.17, 15) is 4.79 Å². The second kappa shape index (κ2) is 10.1. The van der Waals surface area contributed by atoms with Gasteiger partial charge < -0.3 is 19.2 Å². The smallest absolute Gasteiger partial charge is 0.332 e. The molecule has 0 saturated heterocycles. The molecule has 1 aromatic carbocycles. The highest BCUT2D eigenvalue weighted by atomic mass is 32.1. The first kappa shape index (κ1) is 20.2. The summed E-state index contributed by atoms with van der Waals surface area (Å²) >= 11 is 6.62. The Labute approximate surface area is 161 Å². The lowest BCUT2D eigenvalue weighted by Gasteiger charge is -2.11. The Morgan fingerprint density at radius 3 is 2.69 bits per heavy atom. The molecule has 1 aromatic heterocycles. The quantitative estimate of drug-likeness (QED) is 0.551. The molecule has 2 rings (SSSR count). The van der Waals surface area contributed by atoms with Crippen LogP contribution in [0.2, 0.25) is 0 Å². The summed E-state index contributed by atoms with van der Waals surface area (Å²) in [4.78, 5) is 14.8. The average Bonchev–Trinajstić information content (AvgIpc) is 2.93. The van der Waals surface area contributed by atoms with Crippen LogP contribution >= 0.6 is 23.6 Å². The van der Waals surface area contributed by atoms with Crippen LogP contribution in [-0.4, -0.2) is 30.8 Å². The van der Waals surface area contributed by atoms with Gasteiger partial charge in [-0.15, -0.1) is 11.3 Å². The van der Waals surface area contributed by atoms with E-state index < -0.39 is 5.97 Å². The van der Waals surface area contributed by atoms with Crippen molar-refractivity contribution in [1.82, 2.24) is 4.98 Å². The number of carbonyl (C=O) groups is 1. The van der Waals surface area contributed by atoms with Gasteiger partial charge >= 0.3 is 5.97 Å². The highest BCUT2D eigenvalue weighted by Gasteiger charge is 2.06. The zero-order valence-electron chi connectivity index (χ0n) is 15.2. The first-order chi connectivity index (χ1) is 12.6. The molecule has 0 aliphatic carbocycles. The Kier molecular flexibility index (Phi) is 7.87. The van der Waals surface area contributed by atoms with Crippen molar-refractivity contribution in [2.24, 2.45) is 0 Å². The van der Waals surface area contributed by atoms with E-state index in [2.05, 4.69) is 11.9 Å². The minimum absolute atomic E-state index is 0.330. The van der Waals surface area contributed by atoms with Crippen molar-refractivity contribution < 1.29 is 19.0 Å². The van der Waals surface area contributed by atoms with E-state index >= 15 is 0 Å². The normalized spacial score (nSPS) is 12.3. The standard InChI is InChI=1S/C19H23NO4S2/c1-4-9-24-15-8-7-13(10-16(15)22-5-2)11-17-14(20-19(25)26-17)12-18(21)23-6-3/h7-8,10-12H,4-6,9H2,1-3H3,(H,20,25)/b14-12-,17-11-. The second-order valence-electron chi connectivity index (χ2n) is 5.32. The Balaban J connectivity index is 2.45. The summed E-state index contributed by atoms with van der Waals surface area (Å²) in [6.45, 7) is 7.29. The molecule has 0 fully saturated rings. The number of aromatic nitrogens is 1. The Hall–Kier alpha value is -2.12. The second-order valence-corrected chi connectivity index (χ2v) is 7.04. The van der Waals surface area contributed by atoms with Gasteiger partial charge in [-0.3, -0.25) is 0 Å². The van der Waals surface area contributed by atoms with Gasteiger partial charge in [0.25, 0.3) is 0 Å². The Morgan fingerprint density at radius 2 is 2.00 bits per heavy atom. The van der Waals surface area contributed by atoms with E-state index in [1.54, 1.807) is 6.92 Å². The van der Waals surface area contributed by atoms with Crippen LogP contribution in [0.25, 0.3) is 12.2 Å². The molecule has 0 unspecified atom stereocenters. The van der Waals surface area contributed by atoms with E-state index in [-0.39, 0.29) is 0 Å². The maximum Gasteiger partial charge on any atom is 0.332 e. The number of rotatable bonds is 8. The summed E-state index contributed by atoms with van der Waals surface area (Å²) in [7, 11) is 0. The number of aromatic amines is 1. The zero-order valence-corrected chi connectivity index (χ0v) is 16.8. The van der Waals surface area contributed by atoms with Gasteiger partial charge in [0.05, 0.1) is 29.7 Å². The molecular weight excluding hydrogens is 370 g/mol. The van der Waals surface area contributed by atoms with Gasteiger partial charge in [0, 0.05) is 6.08 Å². The van der Waals surface area contributed by atoms with Crippen LogP contribution in [0.4, 0.5) is 0 Å². The van der Waals surface area contributed by atoms with Crippen LogP contribution < -0.4 is 19.4 Å². The minimum Gasteiger partial charge on any atom is -0.490 e. The van der Waals surface area contributed by atoms with Crippen LogP contribution in [0.15, 0.2) is 18.2 Å². The molecule has 140 valence electrons. The van der Waals surface area contributed by atoms with Crippen molar-refractivity contribution in [2.75, 3.05) is 19.8 Å². The third-order valence-electron chi connectivity index (χ3n) is 3.28. The maximum atomic E-state index is 11.7. The summed E-state index contributed by atoms with van der Waals surface area (Å²) in [5, 5.41) is 0.641. The van der Waals surface area contributed by atoms with Gasteiger partial charge in [0.15, 0.2) is 15.5 Å². The third-order valence-corrected chi connectivity index (χ3v) is 4.48. The zero-order chi connectivity index (χ0) is 18.9. The van der Waals surface area contributed by atoms with E-state index in [1.165, 1.54) is 17.4 Å². The molecule has 26 heavy (non-hydrogen) atoms. The topological polar surface area (TPSA) is 60.6 Å². The van der Waals surface area contributed by atoms with Gasteiger partial charge in [0.2, 0.25) is 0 Å². The monoisotopic (exact) mass is 393 g/mol. The Bertz CT molecular complexity index is 914. The van der Waals surface area contributed by atoms with Crippen LogP contribution in [0.1, 0.15) is 32.8 Å².